The number of rotatable bonds is 33. The molecule has 4 N–H and O–H groups in total. The van der Waals surface area contributed by atoms with Gasteiger partial charge in [-0.15, -0.1) is 0 Å². The number of nitrogens with zero attached hydrogens (tertiary/aromatic N) is 1. The maximum atomic E-state index is 13.8. The molecule has 0 unspecified atom stereocenters. The minimum absolute atomic E-state index is 0.0506. The quantitative estimate of drug-likeness (QED) is 0.0448. The first-order chi connectivity index (χ1) is 30.9. The zero-order valence-corrected chi connectivity index (χ0v) is 42.7. The Labute approximate surface area is 394 Å². The third-order valence-corrected chi connectivity index (χ3v) is 17.3. The Bertz CT molecular complexity index is 1370. The number of nitrogens with two attached hydrogens (primary N) is 1. The van der Waals surface area contributed by atoms with Gasteiger partial charge in [0, 0.05) is 32.5 Å². The Balaban J connectivity index is 1.14. The lowest BCUT2D eigenvalue weighted by atomic mass is 9.47. The van der Waals surface area contributed by atoms with Crippen molar-refractivity contribution >= 4 is 17.9 Å². The number of carbonyl (C=O) groups excluding carboxylic acids is 3. The first kappa shape index (κ1) is 54.5. The number of carbonyl (C=O) groups is 3. The molecule has 0 aromatic heterocycles. The molecule has 0 saturated heterocycles. The van der Waals surface area contributed by atoms with Crippen LogP contribution in [0.15, 0.2) is 11.6 Å². The summed E-state index contributed by atoms with van der Waals surface area (Å²) in [4.78, 5) is 40.9. The number of hydrogen-bond donors (Lipinski definition) is 3. The molecule has 0 heterocycles. The molecule has 3 amide bonds. The molecule has 8 atom stereocenters. The fourth-order valence-electron chi connectivity index (χ4n) is 13.4. The van der Waals surface area contributed by atoms with Crippen LogP contribution in [0.25, 0.3) is 0 Å². The van der Waals surface area contributed by atoms with Crippen molar-refractivity contribution in [3.8, 4) is 0 Å². The van der Waals surface area contributed by atoms with Gasteiger partial charge in [-0.3, -0.25) is 14.5 Å². The third kappa shape index (κ3) is 17.5. The summed E-state index contributed by atoms with van der Waals surface area (Å²) in [6, 6.07) is 0. The zero-order chi connectivity index (χ0) is 46.2. The van der Waals surface area contributed by atoms with Crippen molar-refractivity contribution in [3.63, 3.8) is 0 Å². The van der Waals surface area contributed by atoms with E-state index in [4.69, 9.17) is 10.5 Å². The van der Waals surface area contributed by atoms with Gasteiger partial charge in [0.05, 0.1) is 0 Å². The predicted octanol–water partition coefficient (Wildman–Crippen LogP) is 13.8. The molecule has 370 valence electrons. The van der Waals surface area contributed by atoms with Crippen molar-refractivity contribution in [3.05, 3.63) is 11.6 Å². The first-order valence-corrected chi connectivity index (χ1v) is 27.8. The van der Waals surface area contributed by atoms with E-state index >= 15 is 0 Å². The summed E-state index contributed by atoms with van der Waals surface area (Å²) >= 11 is 0. The number of unbranched alkanes of at least 4 members (excludes halogenated alkanes) is 16. The number of ether oxygens (including phenoxy) is 1. The summed E-state index contributed by atoms with van der Waals surface area (Å²) in [5.41, 5.74) is 7.82. The summed E-state index contributed by atoms with van der Waals surface area (Å²) in [6.45, 7) is 16.5. The van der Waals surface area contributed by atoms with Crippen LogP contribution in [0, 0.1) is 46.3 Å². The average Bonchev–Trinajstić information content (AvgIpc) is 3.63. The van der Waals surface area contributed by atoms with Crippen LogP contribution in [0.4, 0.5) is 4.79 Å². The molecular formula is C56H102N4O4. The Hall–Kier alpha value is -2.09. The molecular weight excluding hydrogens is 793 g/mol. The van der Waals surface area contributed by atoms with E-state index in [0.29, 0.717) is 50.9 Å². The van der Waals surface area contributed by atoms with Crippen LogP contribution in [0.1, 0.15) is 241 Å². The van der Waals surface area contributed by atoms with E-state index in [0.717, 1.165) is 67.6 Å². The molecule has 4 aliphatic carbocycles. The lowest BCUT2D eigenvalue weighted by Gasteiger charge is -2.58. The van der Waals surface area contributed by atoms with Gasteiger partial charge in [0.1, 0.15) is 12.6 Å². The maximum absolute atomic E-state index is 13.8. The fraction of sp³-hybridized carbons (Fsp3) is 0.911. The molecule has 0 bridgehead atoms. The van der Waals surface area contributed by atoms with Crippen LogP contribution in [0.2, 0.25) is 0 Å². The molecule has 0 aliphatic heterocycles. The number of hydrogen-bond acceptors (Lipinski definition) is 5. The molecule has 4 aliphatic rings. The lowest BCUT2D eigenvalue weighted by molar-refractivity contribution is -0.123. The van der Waals surface area contributed by atoms with Crippen molar-refractivity contribution in [2.45, 2.75) is 247 Å². The summed E-state index contributed by atoms with van der Waals surface area (Å²) in [5.74, 6) is 4.67. The van der Waals surface area contributed by atoms with Crippen molar-refractivity contribution in [1.82, 2.24) is 15.5 Å². The maximum Gasteiger partial charge on any atom is 0.410 e. The second kappa shape index (κ2) is 29.6. The van der Waals surface area contributed by atoms with E-state index in [2.05, 4.69) is 58.3 Å². The van der Waals surface area contributed by atoms with Gasteiger partial charge in [0.2, 0.25) is 11.8 Å². The lowest BCUT2D eigenvalue weighted by Crippen LogP contribution is -2.51. The predicted molar refractivity (Wildman–Crippen MR) is 268 cm³/mol. The van der Waals surface area contributed by atoms with E-state index < -0.39 is 6.09 Å². The van der Waals surface area contributed by atoms with Crippen molar-refractivity contribution in [2.75, 3.05) is 32.7 Å². The third-order valence-electron chi connectivity index (χ3n) is 17.3. The van der Waals surface area contributed by atoms with Crippen LogP contribution in [-0.4, -0.2) is 61.6 Å². The van der Waals surface area contributed by atoms with Gasteiger partial charge < -0.3 is 21.1 Å². The molecule has 0 aromatic rings. The van der Waals surface area contributed by atoms with Gasteiger partial charge in [-0.05, 0) is 117 Å². The number of nitrogens with one attached hydrogen (secondary N) is 2. The van der Waals surface area contributed by atoms with Gasteiger partial charge in [0.15, 0.2) is 0 Å². The minimum Gasteiger partial charge on any atom is -0.446 e. The monoisotopic (exact) mass is 895 g/mol. The normalized spacial score (nSPS) is 26.7. The SMILES string of the molecule is CCCCCCCCCCCCCCCCCCCC(=O)NCCCN(CC(=O)NCCCN)C(=O)O[C@H]1CC[C@@]2(C)C(=CC[C@H]3[C@@H]4CC[C@H]([C@H](C)CCCC(C)C)[C@@]4(C)CC[C@@H]32)C1. The first-order valence-electron chi connectivity index (χ1n) is 27.8. The number of fused-ring (bicyclic) bond motifs is 5. The molecule has 0 radical (unpaired) electrons. The molecule has 3 saturated carbocycles. The standard InChI is InChI=1S/C56H102N4O4/c1-7-8-9-10-11-12-13-14-15-16-17-18-19-20-21-22-23-29-52(61)58-40-26-41-60(43-53(62)59-39-25-38-57)54(63)64-47-34-36-55(5)46(42-47)30-31-48-50-33-32-49(45(4)28-24-27-44(2)3)56(50,6)37-35-51(48)55/h30,44-45,47-51H,7-29,31-43,57H2,1-6H3,(H,58,61)(H,59,62)/t45-,47+,48+,49-,50+,51+,55+,56-/m1/s1. The van der Waals surface area contributed by atoms with Crippen molar-refractivity contribution in [2.24, 2.45) is 52.1 Å². The fourth-order valence-corrected chi connectivity index (χ4v) is 13.4. The Morgan fingerprint density at radius 3 is 1.95 bits per heavy atom. The zero-order valence-electron chi connectivity index (χ0n) is 42.7. The van der Waals surface area contributed by atoms with E-state index in [1.165, 1.54) is 153 Å². The van der Waals surface area contributed by atoms with Crippen LogP contribution >= 0.6 is 0 Å². The van der Waals surface area contributed by atoms with Gasteiger partial charge in [-0.2, -0.15) is 0 Å². The molecule has 8 nitrogen and oxygen atoms in total. The van der Waals surface area contributed by atoms with Gasteiger partial charge >= 0.3 is 6.09 Å². The second-order valence-corrected chi connectivity index (χ2v) is 22.6. The summed E-state index contributed by atoms with van der Waals surface area (Å²) in [5, 5.41) is 5.97. The summed E-state index contributed by atoms with van der Waals surface area (Å²) < 4.78 is 6.26. The Morgan fingerprint density at radius 1 is 0.719 bits per heavy atom. The highest BCUT2D eigenvalue weighted by Crippen LogP contribution is 2.67. The van der Waals surface area contributed by atoms with Gasteiger partial charge in [0.25, 0.3) is 0 Å². The molecule has 3 fully saturated rings. The average molecular weight is 895 g/mol. The van der Waals surface area contributed by atoms with E-state index in [1.807, 2.05) is 0 Å². The Morgan fingerprint density at radius 2 is 1.33 bits per heavy atom. The van der Waals surface area contributed by atoms with Crippen LogP contribution in [0.3, 0.4) is 0 Å². The van der Waals surface area contributed by atoms with E-state index in [9.17, 15) is 14.4 Å². The highest BCUT2D eigenvalue weighted by atomic mass is 16.6. The molecule has 0 aromatic carbocycles. The van der Waals surface area contributed by atoms with Crippen molar-refractivity contribution < 1.29 is 19.1 Å². The molecule has 64 heavy (non-hydrogen) atoms. The highest BCUT2D eigenvalue weighted by Gasteiger charge is 2.59. The molecule has 4 rings (SSSR count). The summed E-state index contributed by atoms with van der Waals surface area (Å²) in [6.07, 6.45) is 39.8. The Kier molecular flexibility index (Phi) is 25.2. The van der Waals surface area contributed by atoms with Crippen LogP contribution in [0.5, 0.6) is 0 Å². The smallest absolute Gasteiger partial charge is 0.410 e. The largest absolute Gasteiger partial charge is 0.446 e. The number of allylic oxidation sites excluding steroid dienone is 1. The highest BCUT2D eigenvalue weighted by molar-refractivity contribution is 5.82. The molecule has 8 heteroatoms. The summed E-state index contributed by atoms with van der Waals surface area (Å²) in [7, 11) is 0. The van der Waals surface area contributed by atoms with Crippen LogP contribution in [-0.2, 0) is 14.3 Å². The van der Waals surface area contributed by atoms with Crippen molar-refractivity contribution in [1.29, 1.82) is 0 Å². The van der Waals surface area contributed by atoms with E-state index in [1.54, 1.807) is 4.90 Å². The van der Waals surface area contributed by atoms with Gasteiger partial charge in [-0.1, -0.05) is 175 Å². The second-order valence-electron chi connectivity index (χ2n) is 22.6. The van der Waals surface area contributed by atoms with E-state index in [-0.39, 0.29) is 29.9 Å². The molecule has 0 spiro atoms. The number of amides is 3. The topological polar surface area (TPSA) is 114 Å². The van der Waals surface area contributed by atoms with Crippen LogP contribution < -0.4 is 16.4 Å². The minimum atomic E-state index is -0.417. The van der Waals surface area contributed by atoms with Gasteiger partial charge in [-0.25, -0.2) is 4.79 Å².